The van der Waals surface area contributed by atoms with Crippen molar-refractivity contribution in [3.05, 3.63) is 10.4 Å². The first kappa shape index (κ1) is 9.36. The first-order valence-electron chi connectivity index (χ1n) is 4.67. The fraction of sp³-hybridized carbons (Fsp3) is 1.00. The molecule has 1 rings (SSSR count). The van der Waals surface area contributed by atoms with Crippen LogP contribution in [0.25, 0.3) is 10.4 Å². The highest BCUT2D eigenvalue weighted by atomic mass is 15.1. The molecule has 68 valence electrons. The largest absolute Gasteiger partial charge is 0.314 e. The first-order valence-corrected chi connectivity index (χ1v) is 4.67. The maximum absolute atomic E-state index is 8.05. The number of rotatable bonds is 4. The van der Waals surface area contributed by atoms with Crippen molar-refractivity contribution in [2.24, 2.45) is 5.11 Å². The predicted octanol–water partition coefficient (Wildman–Crippen LogP) is 2.22. The summed E-state index contributed by atoms with van der Waals surface area (Å²) in [5.74, 6) is 0. The van der Waals surface area contributed by atoms with Gasteiger partial charge in [0.25, 0.3) is 0 Å². The van der Waals surface area contributed by atoms with Crippen molar-refractivity contribution >= 4 is 0 Å². The van der Waals surface area contributed by atoms with E-state index in [1.54, 1.807) is 0 Å². The van der Waals surface area contributed by atoms with Crippen molar-refractivity contribution in [1.29, 1.82) is 0 Å². The Kier molecular flexibility index (Phi) is 4.57. The fourth-order valence-corrected chi connectivity index (χ4v) is 1.62. The summed E-state index contributed by atoms with van der Waals surface area (Å²) in [5, 5.41) is 6.97. The molecule has 4 heteroatoms. The van der Waals surface area contributed by atoms with Gasteiger partial charge in [0.05, 0.1) is 0 Å². The number of nitrogens with one attached hydrogen (secondary N) is 1. The second kappa shape index (κ2) is 5.86. The molecule has 0 spiro atoms. The lowest BCUT2D eigenvalue weighted by Gasteiger charge is -2.22. The van der Waals surface area contributed by atoms with Crippen LogP contribution in [0.5, 0.6) is 0 Å². The van der Waals surface area contributed by atoms with Crippen molar-refractivity contribution in [3.63, 3.8) is 0 Å². The molecule has 1 fully saturated rings. The zero-order valence-electron chi connectivity index (χ0n) is 7.37. The summed E-state index contributed by atoms with van der Waals surface area (Å²) in [4.78, 5) is 2.72. The second-order valence-corrected chi connectivity index (χ2v) is 3.24. The zero-order chi connectivity index (χ0) is 8.65. The van der Waals surface area contributed by atoms with Gasteiger partial charge >= 0.3 is 0 Å². The van der Waals surface area contributed by atoms with E-state index in [1.807, 2.05) is 0 Å². The summed E-state index contributed by atoms with van der Waals surface area (Å²) in [6.07, 6.45) is 6.11. The van der Waals surface area contributed by atoms with Gasteiger partial charge in [-0.15, -0.1) is 0 Å². The minimum atomic E-state index is 0.648. The van der Waals surface area contributed by atoms with Gasteiger partial charge in [-0.25, -0.2) is 0 Å². The van der Waals surface area contributed by atoms with Crippen LogP contribution in [0.1, 0.15) is 32.1 Å². The van der Waals surface area contributed by atoms with Crippen LogP contribution in [0.4, 0.5) is 0 Å². The molecule has 12 heavy (non-hydrogen) atoms. The monoisotopic (exact) mass is 168 g/mol. The average Bonchev–Trinajstić information content (AvgIpc) is 2.14. The number of hydrogen-bond acceptors (Lipinski definition) is 2. The molecule has 0 aromatic rings. The number of piperidine rings is 1. The van der Waals surface area contributed by atoms with E-state index < -0.39 is 0 Å². The second-order valence-electron chi connectivity index (χ2n) is 3.24. The van der Waals surface area contributed by atoms with Crippen molar-refractivity contribution in [1.82, 2.24) is 5.32 Å². The van der Waals surface area contributed by atoms with E-state index in [4.69, 9.17) is 5.53 Å². The molecular formula is C8H16N4. The molecule has 0 aromatic heterocycles. The molecule has 1 saturated heterocycles. The molecule has 0 saturated carbocycles. The van der Waals surface area contributed by atoms with Crippen LogP contribution >= 0.6 is 0 Å². The van der Waals surface area contributed by atoms with E-state index in [0.29, 0.717) is 12.6 Å². The lowest BCUT2D eigenvalue weighted by atomic mass is 10.0. The van der Waals surface area contributed by atoms with Gasteiger partial charge in [0, 0.05) is 17.5 Å². The Morgan fingerprint density at radius 3 is 3.08 bits per heavy atom. The third-order valence-corrected chi connectivity index (χ3v) is 2.29. The van der Waals surface area contributed by atoms with Crippen LogP contribution in [-0.2, 0) is 0 Å². The standard InChI is InChI=1S/C8H16N4/c9-12-11-7-3-5-8-4-1-2-6-10-8/h8,10H,1-7H2. The Morgan fingerprint density at radius 2 is 2.42 bits per heavy atom. The Balaban J connectivity index is 2.01. The molecule has 1 aliphatic rings. The summed E-state index contributed by atoms with van der Waals surface area (Å²) in [7, 11) is 0. The molecule has 0 aromatic carbocycles. The van der Waals surface area contributed by atoms with Gasteiger partial charge < -0.3 is 5.32 Å². The normalized spacial score (nSPS) is 23.2. The molecule has 1 aliphatic heterocycles. The Labute approximate surface area is 73.0 Å². The topological polar surface area (TPSA) is 60.8 Å². The van der Waals surface area contributed by atoms with Crippen LogP contribution in [0, 0.1) is 0 Å². The number of hydrogen-bond donors (Lipinski definition) is 1. The van der Waals surface area contributed by atoms with Crippen LogP contribution in [0.2, 0.25) is 0 Å². The van der Waals surface area contributed by atoms with Crippen molar-refractivity contribution < 1.29 is 0 Å². The van der Waals surface area contributed by atoms with E-state index >= 15 is 0 Å². The van der Waals surface area contributed by atoms with Gasteiger partial charge in [-0.05, 0) is 37.8 Å². The van der Waals surface area contributed by atoms with Crippen LogP contribution in [0.15, 0.2) is 5.11 Å². The molecule has 1 unspecified atom stereocenters. The Hall–Kier alpha value is -0.730. The smallest absolute Gasteiger partial charge is 0.0258 e. The predicted molar refractivity (Wildman–Crippen MR) is 48.9 cm³/mol. The fourth-order valence-electron chi connectivity index (χ4n) is 1.62. The van der Waals surface area contributed by atoms with Gasteiger partial charge in [0.1, 0.15) is 0 Å². The van der Waals surface area contributed by atoms with Gasteiger partial charge in [-0.2, -0.15) is 0 Å². The zero-order valence-corrected chi connectivity index (χ0v) is 7.37. The quantitative estimate of drug-likeness (QED) is 0.297. The molecule has 0 bridgehead atoms. The van der Waals surface area contributed by atoms with Crippen molar-refractivity contribution in [2.75, 3.05) is 13.1 Å². The third kappa shape index (κ3) is 3.60. The van der Waals surface area contributed by atoms with E-state index in [-0.39, 0.29) is 0 Å². The average molecular weight is 168 g/mol. The number of nitrogens with zero attached hydrogens (tertiary/aromatic N) is 3. The minimum Gasteiger partial charge on any atom is -0.314 e. The summed E-state index contributed by atoms with van der Waals surface area (Å²) >= 11 is 0. The molecule has 0 aliphatic carbocycles. The Bertz CT molecular complexity index is 156. The molecule has 1 heterocycles. The lowest BCUT2D eigenvalue weighted by Crippen LogP contribution is -2.33. The van der Waals surface area contributed by atoms with Gasteiger partial charge in [-0.3, -0.25) is 0 Å². The first-order chi connectivity index (χ1) is 5.93. The van der Waals surface area contributed by atoms with Crippen LogP contribution < -0.4 is 5.32 Å². The van der Waals surface area contributed by atoms with E-state index in [0.717, 1.165) is 19.4 Å². The highest BCUT2D eigenvalue weighted by Gasteiger charge is 2.10. The molecule has 0 radical (unpaired) electrons. The van der Waals surface area contributed by atoms with Gasteiger partial charge in [0.15, 0.2) is 0 Å². The molecular weight excluding hydrogens is 152 g/mol. The van der Waals surface area contributed by atoms with Crippen LogP contribution in [0.3, 0.4) is 0 Å². The molecule has 0 amide bonds. The molecule has 1 N–H and O–H groups in total. The molecule has 4 nitrogen and oxygen atoms in total. The third-order valence-electron chi connectivity index (χ3n) is 2.29. The lowest BCUT2D eigenvalue weighted by molar-refractivity contribution is 0.377. The van der Waals surface area contributed by atoms with E-state index in [1.165, 1.54) is 19.3 Å². The Morgan fingerprint density at radius 1 is 1.50 bits per heavy atom. The minimum absolute atomic E-state index is 0.648. The highest BCUT2D eigenvalue weighted by Crippen LogP contribution is 2.11. The SMILES string of the molecule is [N-]=[N+]=NCCCC1CCCCN1. The van der Waals surface area contributed by atoms with E-state index in [2.05, 4.69) is 15.3 Å². The highest BCUT2D eigenvalue weighted by molar-refractivity contribution is 4.72. The van der Waals surface area contributed by atoms with Gasteiger partial charge in [-0.1, -0.05) is 11.5 Å². The molecule has 1 atom stereocenters. The van der Waals surface area contributed by atoms with Gasteiger partial charge in [0.2, 0.25) is 0 Å². The summed E-state index contributed by atoms with van der Waals surface area (Å²) in [6.45, 7) is 1.81. The summed E-state index contributed by atoms with van der Waals surface area (Å²) < 4.78 is 0. The van der Waals surface area contributed by atoms with Crippen LogP contribution in [-0.4, -0.2) is 19.1 Å². The summed E-state index contributed by atoms with van der Waals surface area (Å²) in [6, 6.07) is 0.674. The maximum atomic E-state index is 8.05. The number of azide groups is 1. The summed E-state index contributed by atoms with van der Waals surface area (Å²) in [5.41, 5.74) is 8.05. The maximum Gasteiger partial charge on any atom is 0.0258 e. The van der Waals surface area contributed by atoms with E-state index in [9.17, 15) is 0 Å². The van der Waals surface area contributed by atoms with Crippen molar-refractivity contribution in [3.8, 4) is 0 Å². The van der Waals surface area contributed by atoms with Crippen molar-refractivity contribution in [2.45, 2.75) is 38.1 Å².